The maximum absolute atomic E-state index is 12.6. The molecule has 0 aliphatic carbocycles. The summed E-state index contributed by atoms with van der Waals surface area (Å²) in [5.74, 6) is 0.353. The normalized spacial score (nSPS) is 14.3. The number of benzene rings is 1. The lowest BCUT2D eigenvalue weighted by atomic mass is 10.2. The number of hydrogen-bond acceptors (Lipinski definition) is 2. The van der Waals surface area contributed by atoms with Crippen LogP contribution in [0.5, 0.6) is 0 Å². The highest BCUT2D eigenvalue weighted by molar-refractivity contribution is 5.79. The minimum atomic E-state index is -4.40. The number of halogens is 3. The van der Waals surface area contributed by atoms with Crippen LogP contribution in [0.4, 0.5) is 13.2 Å². The van der Waals surface area contributed by atoms with Gasteiger partial charge in [-0.3, -0.25) is 0 Å². The summed E-state index contributed by atoms with van der Waals surface area (Å²) in [6.07, 6.45) is -4.40. The first-order valence-electron chi connectivity index (χ1n) is 4.71. The average Bonchev–Trinajstić information content (AvgIpc) is 2.58. The first kappa shape index (κ1) is 10.9. The van der Waals surface area contributed by atoms with Gasteiger partial charge in [0.05, 0.1) is 17.1 Å². The number of alkyl halides is 3. The minimum Gasteiger partial charge on any atom is -0.341 e. The molecule has 0 saturated carbocycles. The third-order valence-electron chi connectivity index (χ3n) is 2.27. The Labute approximate surface area is 89.5 Å². The molecule has 0 spiro atoms. The highest BCUT2D eigenvalue weighted by atomic mass is 19.4. The Morgan fingerprint density at radius 3 is 2.62 bits per heavy atom. The number of H-pyrrole nitrogens is 1. The van der Waals surface area contributed by atoms with Gasteiger partial charge in [0.25, 0.3) is 0 Å². The molecule has 6 heteroatoms. The summed E-state index contributed by atoms with van der Waals surface area (Å²) >= 11 is 0. The quantitative estimate of drug-likeness (QED) is 0.789. The molecule has 0 aliphatic rings. The van der Waals surface area contributed by atoms with E-state index in [1.54, 1.807) is 13.0 Å². The molecule has 1 atom stereocenters. The molecule has 0 fully saturated rings. The predicted molar refractivity (Wildman–Crippen MR) is 53.7 cm³/mol. The van der Waals surface area contributed by atoms with Crippen LogP contribution in [0.1, 0.15) is 24.4 Å². The molecule has 16 heavy (non-hydrogen) atoms. The maximum Gasteiger partial charge on any atom is 0.418 e. The third kappa shape index (κ3) is 1.76. The molecule has 86 valence electrons. The second kappa shape index (κ2) is 3.48. The fourth-order valence-electron chi connectivity index (χ4n) is 1.50. The van der Waals surface area contributed by atoms with Crippen molar-refractivity contribution in [1.82, 2.24) is 9.97 Å². The zero-order valence-electron chi connectivity index (χ0n) is 8.47. The van der Waals surface area contributed by atoms with E-state index in [1.807, 2.05) is 0 Å². The monoisotopic (exact) mass is 229 g/mol. The van der Waals surface area contributed by atoms with E-state index in [-0.39, 0.29) is 5.52 Å². The van der Waals surface area contributed by atoms with Crippen molar-refractivity contribution in [3.05, 3.63) is 29.6 Å². The van der Waals surface area contributed by atoms with Gasteiger partial charge in [-0.05, 0) is 19.1 Å². The van der Waals surface area contributed by atoms with E-state index < -0.39 is 17.8 Å². The van der Waals surface area contributed by atoms with Crippen molar-refractivity contribution in [2.24, 2.45) is 5.73 Å². The first-order valence-corrected chi connectivity index (χ1v) is 4.71. The SMILES string of the molecule is C[C@H](N)c1nc2c(C(F)(F)F)cccc2[nH]1. The number of fused-ring (bicyclic) bond motifs is 1. The summed E-state index contributed by atoms with van der Waals surface area (Å²) in [6.45, 7) is 1.66. The Kier molecular flexibility index (Phi) is 2.38. The van der Waals surface area contributed by atoms with E-state index in [0.717, 1.165) is 6.07 Å². The summed E-state index contributed by atoms with van der Waals surface area (Å²) in [5.41, 5.74) is 5.09. The molecule has 3 N–H and O–H groups in total. The molecule has 2 rings (SSSR count). The standard InChI is InChI=1S/C10H10F3N3/c1-5(14)9-15-7-4-2-3-6(8(7)16-9)10(11,12)13/h2-5H,14H2,1H3,(H,15,16)/t5-/m0/s1. The van der Waals surface area contributed by atoms with Gasteiger partial charge in [-0.1, -0.05) is 6.07 Å². The fourth-order valence-corrected chi connectivity index (χ4v) is 1.50. The molecule has 0 bridgehead atoms. The van der Waals surface area contributed by atoms with Crippen LogP contribution in [0.3, 0.4) is 0 Å². The molecule has 0 saturated heterocycles. The highest BCUT2D eigenvalue weighted by Crippen LogP contribution is 2.33. The molecule has 1 aromatic carbocycles. The van der Waals surface area contributed by atoms with E-state index >= 15 is 0 Å². The molecule has 0 aliphatic heterocycles. The zero-order valence-corrected chi connectivity index (χ0v) is 8.47. The number of aromatic nitrogens is 2. The maximum atomic E-state index is 12.6. The number of rotatable bonds is 1. The second-order valence-electron chi connectivity index (χ2n) is 3.61. The minimum absolute atomic E-state index is 0.0812. The summed E-state index contributed by atoms with van der Waals surface area (Å²) in [6, 6.07) is 3.47. The number of nitrogens with one attached hydrogen (secondary N) is 1. The lowest BCUT2D eigenvalue weighted by molar-refractivity contribution is -0.136. The molecule has 2 aromatic rings. The number of nitrogens with two attached hydrogens (primary N) is 1. The Bertz CT molecular complexity index is 513. The van der Waals surface area contributed by atoms with Crippen LogP contribution < -0.4 is 5.73 Å². The lowest BCUT2D eigenvalue weighted by Crippen LogP contribution is -2.07. The number of hydrogen-bond donors (Lipinski definition) is 2. The highest BCUT2D eigenvalue weighted by Gasteiger charge is 2.33. The van der Waals surface area contributed by atoms with E-state index in [2.05, 4.69) is 9.97 Å². The van der Waals surface area contributed by atoms with Crippen molar-refractivity contribution in [2.45, 2.75) is 19.1 Å². The van der Waals surface area contributed by atoms with Gasteiger partial charge >= 0.3 is 6.18 Å². The van der Waals surface area contributed by atoms with Gasteiger partial charge in [0.2, 0.25) is 0 Å². The van der Waals surface area contributed by atoms with Gasteiger partial charge in [-0.2, -0.15) is 13.2 Å². The summed E-state index contributed by atoms with van der Waals surface area (Å²) in [7, 11) is 0. The Morgan fingerprint density at radius 2 is 2.06 bits per heavy atom. The van der Waals surface area contributed by atoms with E-state index in [9.17, 15) is 13.2 Å². The average molecular weight is 229 g/mol. The van der Waals surface area contributed by atoms with E-state index in [1.165, 1.54) is 6.07 Å². The molecule has 1 heterocycles. The Hall–Kier alpha value is -1.56. The van der Waals surface area contributed by atoms with Crippen molar-refractivity contribution in [3.8, 4) is 0 Å². The van der Waals surface area contributed by atoms with Gasteiger partial charge < -0.3 is 10.7 Å². The molecule has 1 aromatic heterocycles. The van der Waals surface area contributed by atoms with Gasteiger partial charge in [-0.15, -0.1) is 0 Å². The topological polar surface area (TPSA) is 54.7 Å². The molecule has 0 unspecified atom stereocenters. The van der Waals surface area contributed by atoms with Crippen molar-refractivity contribution < 1.29 is 13.2 Å². The van der Waals surface area contributed by atoms with Crippen LogP contribution in [0, 0.1) is 0 Å². The van der Waals surface area contributed by atoms with Crippen LogP contribution in [-0.4, -0.2) is 9.97 Å². The molecular formula is C10H10F3N3. The van der Waals surface area contributed by atoms with Gasteiger partial charge in [0.1, 0.15) is 11.3 Å². The molecule has 0 amide bonds. The molecular weight excluding hydrogens is 219 g/mol. The number of para-hydroxylation sites is 1. The van der Waals surface area contributed by atoms with Gasteiger partial charge in [-0.25, -0.2) is 4.98 Å². The lowest BCUT2D eigenvalue weighted by Gasteiger charge is -2.06. The molecule has 0 radical (unpaired) electrons. The number of aromatic amines is 1. The van der Waals surface area contributed by atoms with Crippen LogP contribution >= 0.6 is 0 Å². The van der Waals surface area contributed by atoms with Crippen molar-refractivity contribution in [3.63, 3.8) is 0 Å². The smallest absolute Gasteiger partial charge is 0.341 e. The summed E-state index contributed by atoms with van der Waals surface area (Å²) in [4.78, 5) is 6.65. The zero-order chi connectivity index (χ0) is 11.9. The number of nitrogens with zero attached hydrogens (tertiary/aromatic N) is 1. The second-order valence-corrected chi connectivity index (χ2v) is 3.61. The van der Waals surface area contributed by atoms with E-state index in [0.29, 0.717) is 11.3 Å². The largest absolute Gasteiger partial charge is 0.418 e. The Morgan fingerprint density at radius 1 is 1.38 bits per heavy atom. The van der Waals surface area contributed by atoms with Crippen LogP contribution in [0.25, 0.3) is 11.0 Å². The summed E-state index contributed by atoms with van der Waals surface area (Å²) in [5, 5.41) is 0. The Balaban J connectivity index is 2.68. The third-order valence-corrected chi connectivity index (χ3v) is 2.27. The van der Waals surface area contributed by atoms with E-state index in [4.69, 9.17) is 5.73 Å². The number of imidazole rings is 1. The van der Waals surface area contributed by atoms with Crippen molar-refractivity contribution in [1.29, 1.82) is 0 Å². The van der Waals surface area contributed by atoms with Gasteiger partial charge in [0, 0.05) is 0 Å². The van der Waals surface area contributed by atoms with Crippen molar-refractivity contribution >= 4 is 11.0 Å². The van der Waals surface area contributed by atoms with Crippen LogP contribution in [-0.2, 0) is 6.18 Å². The molecule has 3 nitrogen and oxygen atoms in total. The predicted octanol–water partition coefficient (Wildman–Crippen LogP) is 2.60. The fraction of sp³-hybridized carbons (Fsp3) is 0.300. The summed E-state index contributed by atoms with van der Waals surface area (Å²) < 4.78 is 37.9. The van der Waals surface area contributed by atoms with Crippen LogP contribution in [0.15, 0.2) is 18.2 Å². The van der Waals surface area contributed by atoms with Gasteiger partial charge in [0.15, 0.2) is 0 Å². The van der Waals surface area contributed by atoms with Crippen LogP contribution in [0.2, 0.25) is 0 Å². The van der Waals surface area contributed by atoms with Crippen molar-refractivity contribution in [2.75, 3.05) is 0 Å². The first-order chi connectivity index (χ1) is 7.39.